The molecule has 0 saturated carbocycles. The predicted molar refractivity (Wildman–Crippen MR) is 51.5 cm³/mol. The lowest BCUT2D eigenvalue weighted by molar-refractivity contribution is 0.0119. The van der Waals surface area contributed by atoms with Crippen molar-refractivity contribution in [1.29, 1.82) is 0 Å². The molecule has 0 aromatic carbocycles. The molecule has 2 atom stereocenters. The van der Waals surface area contributed by atoms with E-state index in [9.17, 15) is 10.2 Å². The van der Waals surface area contributed by atoms with E-state index < -0.39 is 12.2 Å². The lowest BCUT2D eigenvalue weighted by Crippen LogP contribution is -2.20. The molecule has 1 rings (SSSR count). The molecule has 13 heavy (non-hydrogen) atoms. The number of aromatic nitrogens is 2. The van der Waals surface area contributed by atoms with Crippen LogP contribution in [0.5, 0.6) is 0 Å². The van der Waals surface area contributed by atoms with Crippen LogP contribution < -0.4 is 0 Å². The van der Waals surface area contributed by atoms with Crippen LogP contribution in [-0.4, -0.2) is 32.0 Å². The van der Waals surface area contributed by atoms with E-state index in [-0.39, 0.29) is 5.82 Å². The number of aliphatic hydroxyl groups is 2. The molecule has 0 aliphatic heterocycles. The number of hydrogen-bond donors (Lipinski definition) is 3. The molecule has 0 bridgehead atoms. The number of thiol groups is 1. The highest BCUT2D eigenvalue weighted by Gasteiger charge is 2.19. The molecule has 0 radical (unpaired) electrons. The molecule has 0 amide bonds. The van der Waals surface area contributed by atoms with Crippen LogP contribution in [0.4, 0.5) is 0 Å². The highest BCUT2D eigenvalue weighted by Crippen LogP contribution is 2.14. The van der Waals surface area contributed by atoms with E-state index in [0.29, 0.717) is 12.2 Å². The van der Waals surface area contributed by atoms with Gasteiger partial charge in [-0.25, -0.2) is 9.97 Å². The first-order valence-electron chi connectivity index (χ1n) is 3.99. The van der Waals surface area contributed by atoms with Crippen molar-refractivity contribution in [2.24, 2.45) is 0 Å². The molecule has 2 unspecified atom stereocenters. The fraction of sp³-hybridized carbons (Fsp3) is 0.500. The van der Waals surface area contributed by atoms with Crippen molar-refractivity contribution in [2.75, 3.05) is 5.75 Å². The van der Waals surface area contributed by atoms with E-state index in [1.807, 2.05) is 0 Å². The Morgan fingerprint density at radius 2 is 1.92 bits per heavy atom. The quantitative estimate of drug-likeness (QED) is 0.607. The zero-order valence-electron chi connectivity index (χ0n) is 7.04. The molecule has 1 aromatic rings. The van der Waals surface area contributed by atoms with Crippen molar-refractivity contribution in [1.82, 2.24) is 9.97 Å². The molecular weight excluding hydrogens is 188 g/mol. The van der Waals surface area contributed by atoms with Crippen LogP contribution in [0.25, 0.3) is 0 Å². The van der Waals surface area contributed by atoms with E-state index in [4.69, 9.17) is 0 Å². The van der Waals surface area contributed by atoms with Gasteiger partial charge in [0, 0.05) is 12.4 Å². The van der Waals surface area contributed by atoms with E-state index in [0.717, 1.165) is 0 Å². The van der Waals surface area contributed by atoms with Crippen molar-refractivity contribution in [3.8, 4) is 0 Å². The van der Waals surface area contributed by atoms with Gasteiger partial charge in [0.2, 0.25) is 0 Å². The Morgan fingerprint density at radius 3 is 2.46 bits per heavy atom. The SMILES string of the molecule is OC(CCS)C(O)c1ncccn1. The summed E-state index contributed by atoms with van der Waals surface area (Å²) in [6, 6.07) is 1.65. The minimum atomic E-state index is -1.02. The fourth-order valence-electron chi connectivity index (χ4n) is 0.926. The highest BCUT2D eigenvalue weighted by atomic mass is 32.1. The molecule has 72 valence electrons. The molecule has 0 aliphatic rings. The molecule has 0 saturated heterocycles. The third-order valence-corrected chi connectivity index (χ3v) is 1.90. The summed E-state index contributed by atoms with van der Waals surface area (Å²) < 4.78 is 0. The molecular formula is C8H12N2O2S. The smallest absolute Gasteiger partial charge is 0.159 e. The van der Waals surface area contributed by atoms with Crippen LogP contribution in [0.1, 0.15) is 18.3 Å². The van der Waals surface area contributed by atoms with Crippen LogP contribution in [-0.2, 0) is 0 Å². The first-order valence-corrected chi connectivity index (χ1v) is 4.63. The minimum Gasteiger partial charge on any atom is -0.390 e. The lowest BCUT2D eigenvalue weighted by Gasteiger charge is -2.14. The van der Waals surface area contributed by atoms with Crippen molar-refractivity contribution in [2.45, 2.75) is 18.6 Å². The minimum absolute atomic E-state index is 0.247. The summed E-state index contributed by atoms with van der Waals surface area (Å²) >= 11 is 3.96. The number of nitrogens with zero attached hydrogens (tertiary/aromatic N) is 2. The molecule has 4 nitrogen and oxygen atoms in total. The summed E-state index contributed by atoms with van der Waals surface area (Å²) in [6.45, 7) is 0. The van der Waals surface area contributed by atoms with Crippen LogP contribution in [0.3, 0.4) is 0 Å². The van der Waals surface area contributed by atoms with Gasteiger partial charge in [0.15, 0.2) is 5.82 Å². The molecule has 2 N–H and O–H groups in total. The number of aliphatic hydroxyl groups excluding tert-OH is 2. The van der Waals surface area contributed by atoms with Crippen molar-refractivity contribution in [3.05, 3.63) is 24.3 Å². The molecule has 1 heterocycles. The molecule has 0 spiro atoms. The average molecular weight is 200 g/mol. The van der Waals surface area contributed by atoms with Crippen molar-refractivity contribution < 1.29 is 10.2 Å². The fourth-order valence-corrected chi connectivity index (χ4v) is 1.19. The Balaban J connectivity index is 2.62. The zero-order chi connectivity index (χ0) is 9.68. The Kier molecular flexibility index (Phi) is 4.14. The second-order valence-corrected chi connectivity index (χ2v) is 3.08. The maximum atomic E-state index is 9.51. The predicted octanol–water partition coefficient (Wildman–Crippen LogP) is 0.191. The van der Waals surface area contributed by atoms with Gasteiger partial charge in [-0.1, -0.05) is 0 Å². The molecule has 1 aromatic heterocycles. The third kappa shape index (κ3) is 2.95. The Bertz CT molecular complexity index is 245. The highest BCUT2D eigenvalue weighted by molar-refractivity contribution is 7.80. The van der Waals surface area contributed by atoms with Crippen molar-refractivity contribution >= 4 is 12.6 Å². The third-order valence-electron chi connectivity index (χ3n) is 1.64. The summed E-state index contributed by atoms with van der Waals surface area (Å²) in [6.07, 6.45) is 1.61. The molecule has 0 fully saturated rings. The zero-order valence-corrected chi connectivity index (χ0v) is 7.93. The maximum Gasteiger partial charge on any atom is 0.159 e. The number of hydrogen-bond acceptors (Lipinski definition) is 5. The molecule has 5 heteroatoms. The van der Waals surface area contributed by atoms with Gasteiger partial charge in [0.1, 0.15) is 6.10 Å². The normalized spacial score (nSPS) is 15.3. The van der Waals surface area contributed by atoms with Gasteiger partial charge in [-0.15, -0.1) is 0 Å². The van der Waals surface area contributed by atoms with E-state index in [1.54, 1.807) is 6.07 Å². The maximum absolute atomic E-state index is 9.51. The summed E-state index contributed by atoms with van der Waals surface area (Å²) in [7, 11) is 0. The second kappa shape index (κ2) is 5.16. The average Bonchev–Trinajstić information content (AvgIpc) is 2.18. The van der Waals surface area contributed by atoms with Gasteiger partial charge in [0.25, 0.3) is 0 Å². The standard InChI is InChI=1S/C8H12N2O2S/c11-6(2-5-13)7(12)8-9-3-1-4-10-8/h1,3-4,6-7,11-13H,2,5H2. The van der Waals surface area contributed by atoms with Gasteiger partial charge in [-0.05, 0) is 18.2 Å². The topological polar surface area (TPSA) is 66.2 Å². The van der Waals surface area contributed by atoms with Gasteiger partial charge < -0.3 is 10.2 Å². The second-order valence-electron chi connectivity index (χ2n) is 2.63. The van der Waals surface area contributed by atoms with Crippen LogP contribution in [0.2, 0.25) is 0 Å². The first kappa shape index (κ1) is 10.4. The van der Waals surface area contributed by atoms with E-state index >= 15 is 0 Å². The lowest BCUT2D eigenvalue weighted by atomic mass is 10.1. The van der Waals surface area contributed by atoms with Crippen LogP contribution in [0.15, 0.2) is 18.5 Å². The number of rotatable bonds is 4. The van der Waals surface area contributed by atoms with Gasteiger partial charge in [-0.2, -0.15) is 12.6 Å². The largest absolute Gasteiger partial charge is 0.390 e. The Labute approximate surface area is 82.1 Å². The van der Waals surface area contributed by atoms with E-state index in [2.05, 4.69) is 22.6 Å². The van der Waals surface area contributed by atoms with Gasteiger partial charge >= 0.3 is 0 Å². The first-order chi connectivity index (χ1) is 6.25. The Hall–Kier alpha value is -0.650. The van der Waals surface area contributed by atoms with Crippen LogP contribution >= 0.6 is 12.6 Å². The summed E-state index contributed by atoms with van der Waals surface area (Å²) in [5.74, 6) is 0.766. The van der Waals surface area contributed by atoms with Gasteiger partial charge in [-0.3, -0.25) is 0 Å². The van der Waals surface area contributed by atoms with Gasteiger partial charge in [0.05, 0.1) is 6.10 Å². The summed E-state index contributed by atoms with van der Waals surface area (Å²) in [4.78, 5) is 7.67. The monoisotopic (exact) mass is 200 g/mol. The van der Waals surface area contributed by atoms with Crippen molar-refractivity contribution in [3.63, 3.8) is 0 Å². The summed E-state index contributed by atoms with van der Waals surface area (Å²) in [5, 5.41) is 18.9. The Morgan fingerprint density at radius 1 is 1.31 bits per heavy atom. The van der Waals surface area contributed by atoms with Crippen LogP contribution in [0, 0.1) is 0 Å². The molecule has 0 aliphatic carbocycles. The van der Waals surface area contributed by atoms with E-state index in [1.165, 1.54) is 12.4 Å². The summed E-state index contributed by atoms with van der Waals surface area (Å²) in [5.41, 5.74) is 0.